The van der Waals surface area contributed by atoms with Crippen LogP contribution in [0.15, 0.2) is 77.9 Å². The van der Waals surface area contributed by atoms with Crippen molar-refractivity contribution in [3.8, 4) is 17.2 Å². The highest BCUT2D eigenvalue weighted by Crippen LogP contribution is 2.28. The maximum absolute atomic E-state index is 12.5. The number of hydrogen-bond acceptors (Lipinski definition) is 7. The number of rotatable bonds is 9. The molecule has 3 aromatic carbocycles. The first kappa shape index (κ1) is 25.0. The number of anilines is 1. The van der Waals surface area contributed by atoms with Crippen LogP contribution in [0.4, 0.5) is 5.69 Å². The van der Waals surface area contributed by atoms with Gasteiger partial charge in [0.15, 0.2) is 11.5 Å². The van der Waals surface area contributed by atoms with E-state index in [-0.39, 0.29) is 5.75 Å². The maximum atomic E-state index is 12.5. The van der Waals surface area contributed by atoms with Gasteiger partial charge >= 0.3 is 17.8 Å². The second-order valence-electron chi connectivity index (χ2n) is 7.19. The summed E-state index contributed by atoms with van der Waals surface area (Å²) in [6.07, 6.45) is 2.22. The normalized spacial score (nSPS) is 10.5. The standard InChI is InChI=1S/C26H25N3O6/c1-3-15-34-21-12-10-19(11-13-21)26(32)35-22-14-9-18(16-23(22)33-2)17-27-29-25(31)24(30)28-20-7-5-4-6-8-20/h4-14,16-17H,3,15H2,1-2H3,(H,28,30)(H,29,31)/b27-17+. The molecule has 35 heavy (non-hydrogen) atoms. The van der Waals surface area contributed by atoms with Gasteiger partial charge in [-0.25, -0.2) is 10.2 Å². The van der Waals surface area contributed by atoms with Crippen LogP contribution in [0.3, 0.4) is 0 Å². The zero-order chi connectivity index (χ0) is 25.0. The maximum Gasteiger partial charge on any atom is 0.343 e. The molecule has 0 aliphatic carbocycles. The van der Waals surface area contributed by atoms with Crippen molar-refractivity contribution in [3.05, 3.63) is 83.9 Å². The number of nitrogens with one attached hydrogen (secondary N) is 2. The lowest BCUT2D eigenvalue weighted by Crippen LogP contribution is -2.32. The van der Waals surface area contributed by atoms with Crippen LogP contribution in [0.5, 0.6) is 17.2 Å². The van der Waals surface area contributed by atoms with E-state index >= 15 is 0 Å². The van der Waals surface area contributed by atoms with Gasteiger partial charge in [0.1, 0.15) is 5.75 Å². The number of para-hydroxylation sites is 1. The summed E-state index contributed by atoms with van der Waals surface area (Å²) in [4.78, 5) is 36.3. The Morgan fingerprint density at radius 2 is 1.66 bits per heavy atom. The van der Waals surface area contributed by atoms with Gasteiger partial charge in [0, 0.05) is 5.69 Å². The lowest BCUT2D eigenvalue weighted by Gasteiger charge is -2.10. The lowest BCUT2D eigenvalue weighted by atomic mass is 10.2. The van der Waals surface area contributed by atoms with Crippen LogP contribution < -0.4 is 25.0 Å². The van der Waals surface area contributed by atoms with Crippen molar-refractivity contribution in [3.63, 3.8) is 0 Å². The molecule has 0 atom stereocenters. The fraction of sp³-hybridized carbons (Fsp3) is 0.154. The van der Waals surface area contributed by atoms with Crippen LogP contribution in [0.2, 0.25) is 0 Å². The molecule has 0 spiro atoms. The highest BCUT2D eigenvalue weighted by molar-refractivity contribution is 6.39. The van der Waals surface area contributed by atoms with E-state index in [1.54, 1.807) is 72.8 Å². The summed E-state index contributed by atoms with van der Waals surface area (Å²) in [7, 11) is 1.43. The Hall–Kier alpha value is -4.66. The summed E-state index contributed by atoms with van der Waals surface area (Å²) in [5.41, 5.74) is 3.55. The summed E-state index contributed by atoms with van der Waals surface area (Å²) in [6.45, 7) is 2.61. The molecule has 3 aromatic rings. The summed E-state index contributed by atoms with van der Waals surface area (Å²) in [6, 6.07) is 20.0. The second kappa shape index (κ2) is 12.5. The van der Waals surface area contributed by atoms with Gasteiger partial charge in [0.2, 0.25) is 0 Å². The van der Waals surface area contributed by atoms with E-state index in [0.29, 0.717) is 34.9 Å². The third-order valence-electron chi connectivity index (χ3n) is 4.57. The Labute approximate surface area is 202 Å². The zero-order valence-corrected chi connectivity index (χ0v) is 19.3. The molecule has 2 amide bonds. The largest absolute Gasteiger partial charge is 0.494 e. The Bertz CT molecular complexity index is 1190. The number of hydrazone groups is 1. The van der Waals surface area contributed by atoms with Crippen molar-refractivity contribution in [1.82, 2.24) is 5.43 Å². The summed E-state index contributed by atoms with van der Waals surface area (Å²) in [5, 5.41) is 6.25. The number of amides is 2. The molecule has 0 bridgehead atoms. The molecular formula is C26H25N3O6. The van der Waals surface area contributed by atoms with Crippen molar-refractivity contribution in [2.75, 3.05) is 19.0 Å². The minimum Gasteiger partial charge on any atom is -0.494 e. The molecule has 0 heterocycles. The van der Waals surface area contributed by atoms with Gasteiger partial charge in [-0.2, -0.15) is 5.10 Å². The van der Waals surface area contributed by atoms with Crippen LogP contribution in [0, 0.1) is 0 Å². The van der Waals surface area contributed by atoms with Crippen LogP contribution in [-0.2, 0) is 9.59 Å². The first-order valence-electron chi connectivity index (χ1n) is 10.8. The number of benzene rings is 3. The minimum absolute atomic E-state index is 0.215. The zero-order valence-electron chi connectivity index (χ0n) is 19.3. The Morgan fingerprint density at radius 1 is 0.914 bits per heavy atom. The van der Waals surface area contributed by atoms with Gasteiger partial charge in [-0.1, -0.05) is 25.1 Å². The average Bonchev–Trinajstić information content (AvgIpc) is 2.88. The second-order valence-corrected chi connectivity index (χ2v) is 7.19. The predicted molar refractivity (Wildman–Crippen MR) is 131 cm³/mol. The number of carbonyl (C=O) groups excluding carboxylic acids is 3. The van der Waals surface area contributed by atoms with Crippen LogP contribution in [0.1, 0.15) is 29.3 Å². The van der Waals surface area contributed by atoms with Gasteiger partial charge < -0.3 is 19.5 Å². The van der Waals surface area contributed by atoms with Gasteiger partial charge in [-0.3, -0.25) is 9.59 Å². The van der Waals surface area contributed by atoms with Gasteiger partial charge in [0.05, 0.1) is 25.5 Å². The first-order chi connectivity index (χ1) is 17.0. The molecule has 0 unspecified atom stereocenters. The quantitative estimate of drug-likeness (QED) is 0.160. The molecule has 9 nitrogen and oxygen atoms in total. The summed E-state index contributed by atoms with van der Waals surface area (Å²) in [5.74, 6) is -1.14. The number of hydrogen-bond donors (Lipinski definition) is 2. The van der Waals surface area contributed by atoms with Crippen molar-refractivity contribution >= 4 is 29.7 Å². The first-order valence-corrected chi connectivity index (χ1v) is 10.8. The summed E-state index contributed by atoms with van der Waals surface area (Å²) >= 11 is 0. The fourth-order valence-corrected chi connectivity index (χ4v) is 2.84. The van der Waals surface area contributed by atoms with E-state index in [1.165, 1.54) is 13.3 Å². The van der Waals surface area contributed by atoms with E-state index in [0.717, 1.165) is 6.42 Å². The highest BCUT2D eigenvalue weighted by Gasteiger charge is 2.14. The number of esters is 1. The third-order valence-corrected chi connectivity index (χ3v) is 4.57. The molecule has 3 rings (SSSR count). The molecule has 9 heteroatoms. The van der Waals surface area contributed by atoms with E-state index in [4.69, 9.17) is 14.2 Å². The van der Waals surface area contributed by atoms with Crippen LogP contribution in [-0.4, -0.2) is 37.7 Å². The molecule has 0 aromatic heterocycles. The predicted octanol–water partition coefficient (Wildman–Crippen LogP) is 3.79. The Balaban J connectivity index is 1.58. The third kappa shape index (κ3) is 7.43. The smallest absolute Gasteiger partial charge is 0.343 e. The van der Waals surface area contributed by atoms with Crippen molar-refractivity contribution in [2.24, 2.45) is 5.10 Å². The average molecular weight is 476 g/mol. The van der Waals surface area contributed by atoms with Gasteiger partial charge in [-0.15, -0.1) is 0 Å². The topological polar surface area (TPSA) is 115 Å². The van der Waals surface area contributed by atoms with Crippen LogP contribution >= 0.6 is 0 Å². The molecular weight excluding hydrogens is 450 g/mol. The lowest BCUT2D eigenvalue weighted by molar-refractivity contribution is -0.136. The molecule has 0 aliphatic heterocycles. The molecule has 0 saturated carbocycles. The Kier molecular flexibility index (Phi) is 8.95. The number of ether oxygens (including phenoxy) is 3. The number of nitrogens with zero attached hydrogens (tertiary/aromatic N) is 1. The van der Waals surface area contributed by atoms with Crippen molar-refractivity contribution in [2.45, 2.75) is 13.3 Å². The Morgan fingerprint density at radius 3 is 2.34 bits per heavy atom. The molecule has 0 aliphatic rings. The van der Waals surface area contributed by atoms with Crippen molar-refractivity contribution in [1.29, 1.82) is 0 Å². The highest BCUT2D eigenvalue weighted by atomic mass is 16.6. The van der Waals surface area contributed by atoms with Gasteiger partial charge in [-0.05, 0) is 66.6 Å². The van der Waals surface area contributed by atoms with E-state index in [2.05, 4.69) is 15.8 Å². The fourth-order valence-electron chi connectivity index (χ4n) is 2.84. The molecule has 0 saturated heterocycles. The van der Waals surface area contributed by atoms with Crippen molar-refractivity contribution < 1.29 is 28.6 Å². The van der Waals surface area contributed by atoms with E-state index in [1.807, 2.05) is 6.92 Å². The molecule has 2 N–H and O–H groups in total. The summed E-state index contributed by atoms with van der Waals surface area (Å²) < 4.78 is 16.3. The van der Waals surface area contributed by atoms with E-state index < -0.39 is 17.8 Å². The monoisotopic (exact) mass is 475 g/mol. The minimum atomic E-state index is -0.922. The van der Waals surface area contributed by atoms with E-state index in [9.17, 15) is 14.4 Å². The SMILES string of the molecule is CCCOc1ccc(C(=O)Oc2ccc(/C=N/NC(=O)C(=O)Nc3ccccc3)cc2OC)cc1. The van der Waals surface area contributed by atoms with Crippen LogP contribution in [0.25, 0.3) is 0 Å². The van der Waals surface area contributed by atoms with Gasteiger partial charge in [0.25, 0.3) is 0 Å². The number of carbonyl (C=O) groups is 3. The molecule has 0 radical (unpaired) electrons. The molecule has 180 valence electrons. The molecule has 0 fully saturated rings. The number of methoxy groups -OCH3 is 1.